The van der Waals surface area contributed by atoms with Crippen molar-refractivity contribution in [2.24, 2.45) is 5.92 Å². The first-order valence-electron chi connectivity index (χ1n) is 6.71. The highest BCUT2D eigenvalue weighted by molar-refractivity contribution is 5.80. The molecule has 17 heavy (non-hydrogen) atoms. The molecule has 0 unspecified atom stereocenters. The number of hydrogen-bond donors (Lipinski definition) is 1. The number of likely N-dealkylation sites (tertiary alicyclic amines) is 1. The zero-order chi connectivity index (χ0) is 12.3. The van der Waals surface area contributed by atoms with Gasteiger partial charge in [-0.2, -0.15) is 0 Å². The molecule has 96 valence electrons. The lowest BCUT2D eigenvalue weighted by molar-refractivity contribution is -0.141. The van der Waals surface area contributed by atoms with E-state index in [2.05, 4.69) is 0 Å². The van der Waals surface area contributed by atoms with Crippen LogP contribution in [-0.4, -0.2) is 34.5 Å². The van der Waals surface area contributed by atoms with E-state index in [1.165, 1.54) is 6.42 Å². The van der Waals surface area contributed by atoms with Gasteiger partial charge in [0.2, 0.25) is 5.91 Å². The number of carboxylic acids is 1. The van der Waals surface area contributed by atoms with E-state index in [0.717, 1.165) is 45.1 Å². The molecule has 1 amide bonds. The number of nitrogens with zero attached hydrogens (tertiary/aromatic N) is 1. The Morgan fingerprint density at radius 3 is 2.41 bits per heavy atom. The van der Waals surface area contributed by atoms with E-state index in [0.29, 0.717) is 0 Å². The van der Waals surface area contributed by atoms with E-state index >= 15 is 0 Å². The highest BCUT2D eigenvalue weighted by Crippen LogP contribution is 2.29. The topological polar surface area (TPSA) is 57.6 Å². The van der Waals surface area contributed by atoms with Gasteiger partial charge >= 0.3 is 5.97 Å². The number of aliphatic carboxylic acids is 1. The SMILES string of the molecule is O=C(O)C[C@H]1CCCN1C(=O)C1CCCCC1. The van der Waals surface area contributed by atoms with Crippen LogP contribution in [0.4, 0.5) is 0 Å². The standard InChI is InChI=1S/C13H21NO3/c15-12(16)9-11-7-4-8-14(11)13(17)10-5-2-1-3-6-10/h10-11H,1-9H2,(H,15,16)/t11-/m1/s1. The molecule has 1 saturated carbocycles. The van der Waals surface area contributed by atoms with Gasteiger partial charge in [-0.15, -0.1) is 0 Å². The Balaban J connectivity index is 1.94. The highest BCUT2D eigenvalue weighted by atomic mass is 16.4. The van der Waals surface area contributed by atoms with Gasteiger partial charge in [0.15, 0.2) is 0 Å². The number of carboxylic acid groups (broad SMARTS) is 1. The number of amides is 1. The largest absolute Gasteiger partial charge is 0.481 e. The number of carbonyl (C=O) groups excluding carboxylic acids is 1. The maximum Gasteiger partial charge on any atom is 0.305 e. The zero-order valence-corrected chi connectivity index (χ0v) is 10.2. The third-order valence-corrected chi connectivity index (χ3v) is 4.02. The van der Waals surface area contributed by atoms with Crippen molar-refractivity contribution in [1.29, 1.82) is 0 Å². The van der Waals surface area contributed by atoms with Gasteiger partial charge in [0.25, 0.3) is 0 Å². The molecular weight excluding hydrogens is 218 g/mol. The molecule has 1 aliphatic carbocycles. The van der Waals surface area contributed by atoms with Crippen molar-refractivity contribution in [1.82, 2.24) is 4.90 Å². The first kappa shape index (κ1) is 12.4. The number of hydrogen-bond acceptors (Lipinski definition) is 2. The summed E-state index contributed by atoms with van der Waals surface area (Å²) in [6, 6.07) is -0.0538. The predicted octanol–water partition coefficient (Wildman–Crippen LogP) is 2.03. The molecule has 0 aromatic heterocycles. The molecule has 4 heteroatoms. The normalized spacial score (nSPS) is 26.1. The quantitative estimate of drug-likeness (QED) is 0.819. The van der Waals surface area contributed by atoms with E-state index in [4.69, 9.17) is 5.11 Å². The van der Waals surface area contributed by atoms with E-state index in [1.54, 1.807) is 0 Å². The maximum absolute atomic E-state index is 12.3. The van der Waals surface area contributed by atoms with E-state index in [-0.39, 0.29) is 24.3 Å². The van der Waals surface area contributed by atoms with E-state index in [9.17, 15) is 9.59 Å². The summed E-state index contributed by atoms with van der Waals surface area (Å²) in [4.78, 5) is 24.9. The molecule has 1 atom stereocenters. The fourth-order valence-corrected chi connectivity index (χ4v) is 3.12. The van der Waals surface area contributed by atoms with Crippen molar-refractivity contribution in [3.05, 3.63) is 0 Å². The molecule has 0 aromatic carbocycles. The van der Waals surface area contributed by atoms with Crippen molar-refractivity contribution in [3.8, 4) is 0 Å². The molecule has 1 heterocycles. The fraction of sp³-hybridized carbons (Fsp3) is 0.846. The lowest BCUT2D eigenvalue weighted by Gasteiger charge is -2.30. The monoisotopic (exact) mass is 239 g/mol. The Morgan fingerprint density at radius 1 is 1.06 bits per heavy atom. The third kappa shape index (κ3) is 2.99. The number of rotatable bonds is 3. The molecule has 2 rings (SSSR count). The van der Waals surface area contributed by atoms with E-state index < -0.39 is 5.97 Å². The minimum atomic E-state index is -0.793. The summed E-state index contributed by atoms with van der Waals surface area (Å²) in [5.74, 6) is -0.412. The van der Waals surface area contributed by atoms with Crippen LogP contribution in [0.3, 0.4) is 0 Å². The van der Waals surface area contributed by atoms with Crippen LogP contribution < -0.4 is 0 Å². The van der Waals surface area contributed by atoms with Gasteiger partial charge < -0.3 is 10.0 Å². The molecular formula is C13H21NO3. The summed E-state index contributed by atoms with van der Waals surface area (Å²) in [7, 11) is 0. The van der Waals surface area contributed by atoms with Crippen LogP contribution in [0.25, 0.3) is 0 Å². The van der Waals surface area contributed by atoms with E-state index in [1.807, 2.05) is 4.90 Å². The molecule has 2 aliphatic rings. The molecule has 0 aromatic rings. The Bertz CT molecular complexity index is 297. The smallest absolute Gasteiger partial charge is 0.305 e. The van der Waals surface area contributed by atoms with Gasteiger partial charge in [0.05, 0.1) is 6.42 Å². The van der Waals surface area contributed by atoms with Crippen LogP contribution in [0.15, 0.2) is 0 Å². The second-order valence-corrected chi connectivity index (χ2v) is 5.26. The fourth-order valence-electron chi connectivity index (χ4n) is 3.12. The van der Waals surface area contributed by atoms with Crippen molar-refractivity contribution in [2.75, 3.05) is 6.54 Å². The minimum Gasteiger partial charge on any atom is -0.481 e. The summed E-state index contributed by atoms with van der Waals surface area (Å²) < 4.78 is 0. The summed E-state index contributed by atoms with van der Waals surface area (Å²) in [6.07, 6.45) is 7.44. The van der Waals surface area contributed by atoms with Crippen LogP contribution in [0.5, 0.6) is 0 Å². The minimum absolute atomic E-state index is 0.0538. The van der Waals surface area contributed by atoms with Crippen molar-refractivity contribution in [3.63, 3.8) is 0 Å². The van der Waals surface area contributed by atoms with Crippen molar-refractivity contribution < 1.29 is 14.7 Å². The molecule has 4 nitrogen and oxygen atoms in total. The molecule has 0 radical (unpaired) electrons. The van der Waals surface area contributed by atoms with Gasteiger partial charge in [-0.1, -0.05) is 19.3 Å². The maximum atomic E-state index is 12.3. The van der Waals surface area contributed by atoms with Crippen LogP contribution in [-0.2, 0) is 9.59 Å². The Morgan fingerprint density at radius 2 is 1.76 bits per heavy atom. The molecule has 1 N–H and O–H groups in total. The first-order chi connectivity index (χ1) is 8.18. The second-order valence-electron chi connectivity index (χ2n) is 5.26. The van der Waals surface area contributed by atoms with Gasteiger partial charge in [-0.25, -0.2) is 0 Å². The summed E-state index contributed by atoms with van der Waals surface area (Å²) in [5.41, 5.74) is 0. The average molecular weight is 239 g/mol. The molecule has 2 fully saturated rings. The Labute approximate surface area is 102 Å². The lowest BCUT2D eigenvalue weighted by atomic mass is 9.88. The summed E-state index contributed by atoms with van der Waals surface area (Å²) in [5, 5.41) is 8.85. The summed E-state index contributed by atoms with van der Waals surface area (Å²) in [6.45, 7) is 0.757. The van der Waals surface area contributed by atoms with Gasteiger partial charge in [-0.3, -0.25) is 9.59 Å². The molecule has 0 bridgehead atoms. The third-order valence-electron chi connectivity index (χ3n) is 4.02. The van der Waals surface area contributed by atoms with Gasteiger partial charge in [0.1, 0.15) is 0 Å². The Hall–Kier alpha value is -1.06. The Kier molecular flexibility index (Phi) is 4.02. The van der Waals surface area contributed by atoms with Crippen molar-refractivity contribution in [2.45, 2.75) is 57.4 Å². The van der Waals surface area contributed by atoms with Crippen molar-refractivity contribution >= 4 is 11.9 Å². The number of carbonyl (C=O) groups is 2. The summed E-state index contributed by atoms with van der Waals surface area (Å²) >= 11 is 0. The first-order valence-corrected chi connectivity index (χ1v) is 6.71. The molecule has 1 saturated heterocycles. The van der Waals surface area contributed by atoms with Gasteiger partial charge in [-0.05, 0) is 25.7 Å². The van der Waals surface area contributed by atoms with Crippen LogP contribution in [0, 0.1) is 5.92 Å². The van der Waals surface area contributed by atoms with Crippen LogP contribution in [0.2, 0.25) is 0 Å². The predicted molar refractivity (Wildman–Crippen MR) is 63.6 cm³/mol. The second kappa shape index (κ2) is 5.52. The molecule has 0 spiro atoms. The van der Waals surface area contributed by atoms with Crippen LogP contribution in [0.1, 0.15) is 51.4 Å². The lowest BCUT2D eigenvalue weighted by Crippen LogP contribution is -2.41. The van der Waals surface area contributed by atoms with Crippen LogP contribution >= 0.6 is 0 Å². The zero-order valence-electron chi connectivity index (χ0n) is 10.2. The van der Waals surface area contributed by atoms with Gasteiger partial charge in [0, 0.05) is 18.5 Å². The highest BCUT2D eigenvalue weighted by Gasteiger charge is 2.34. The molecule has 1 aliphatic heterocycles. The average Bonchev–Trinajstić information content (AvgIpc) is 2.76.